The van der Waals surface area contributed by atoms with Gasteiger partial charge in [-0.05, 0) is 48.9 Å². The van der Waals surface area contributed by atoms with Crippen LogP contribution in [0.4, 0.5) is 4.39 Å². The van der Waals surface area contributed by atoms with E-state index < -0.39 is 5.60 Å². The van der Waals surface area contributed by atoms with Gasteiger partial charge in [0.2, 0.25) is 0 Å². The fraction of sp³-hybridized carbons (Fsp3) is 0.571. The molecule has 1 aromatic rings. The van der Waals surface area contributed by atoms with Crippen molar-refractivity contribution in [1.29, 1.82) is 0 Å². The normalized spacial score (nSPS) is 28.6. The van der Waals surface area contributed by atoms with Gasteiger partial charge in [0, 0.05) is 10.9 Å². The lowest BCUT2D eigenvalue weighted by Crippen LogP contribution is -2.28. The molecular formula is C14H18BrFO. The molecule has 0 saturated heterocycles. The molecular weight excluding hydrogens is 283 g/mol. The van der Waals surface area contributed by atoms with Crippen LogP contribution in [0.25, 0.3) is 0 Å². The van der Waals surface area contributed by atoms with Crippen molar-refractivity contribution in [3.8, 4) is 0 Å². The summed E-state index contributed by atoms with van der Waals surface area (Å²) in [6.07, 6.45) is 4.17. The molecule has 94 valence electrons. The highest BCUT2D eigenvalue weighted by Gasteiger charge is 2.36. The Morgan fingerprint density at radius 1 is 1.53 bits per heavy atom. The second-order valence-corrected chi connectivity index (χ2v) is 6.07. The van der Waals surface area contributed by atoms with Crippen molar-refractivity contribution in [3.63, 3.8) is 0 Å². The molecule has 0 aromatic heterocycles. The van der Waals surface area contributed by atoms with Gasteiger partial charge in [-0.2, -0.15) is 0 Å². The molecule has 1 N–H and O–H groups in total. The summed E-state index contributed by atoms with van der Waals surface area (Å²) in [6.45, 7) is 2.15. The Balaban J connectivity index is 2.13. The van der Waals surface area contributed by atoms with E-state index in [4.69, 9.17) is 0 Å². The molecule has 3 heteroatoms. The van der Waals surface area contributed by atoms with Gasteiger partial charge in [-0.15, -0.1) is 0 Å². The van der Waals surface area contributed by atoms with Crippen molar-refractivity contribution >= 4 is 15.9 Å². The van der Waals surface area contributed by atoms with Gasteiger partial charge >= 0.3 is 0 Å². The standard InChI is InChI=1S/C14H18BrFO/c1-2-10-5-6-14(17,8-10)9-11-7-12(15)3-4-13(11)16/h3-4,7,10,17H,2,5-6,8-9H2,1H3. The van der Waals surface area contributed by atoms with E-state index in [0.29, 0.717) is 17.9 Å². The van der Waals surface area contributed by atoms with Crippen LogP contribution in [0, 0.1) is 11.7 Å². The fourth-order valence-electron chi connectivity index (χ4n) is 2.76. The monoisotopic (exact) mass is 300 g/mol. The minimum atomic E-state index is -0.706. The third-order valence-corrected chi connectivity index (χ3v) is 4.28. The van der Waals surface area contributed by atoms with E-state index in [0.717, 1.165) is 30.2 Å². The molecule has 0 amide bonds. The Morgan fingerprint density at radius 3 is 2.94 bits per heavy atom. The van der Waals surface area contributed by atoms with E-state index in [2.05, 4.69) is 22.9 Å². The zero-order valence-electron chi connectivity index (χ0n) is 10.0. The molecule has 0 spiro atoms. The summed E-state index contributed by atoms with van der Waals surface area (Å²) in [5.74, 6) is 0.372. The highest BCUT2D eigenvalue weighted by atomic mass is 79.9. The smallest absolute Gasteiger partial charge is 0.126 e. The highest BCUT2D eigenvalue weighted by Crippen LogP contribution is 2.39. The van der Waals surface area contributed by atoms with Gasteiger partial charge in [-0.25, -0.2) is 4.39 Å². The Labute approximate surface area is 110 Å². The summed E-state index contributed by atoms with van der Waals surface area (Å²) < 4.78 is 14.5. The molecule has 1 aliphatic rings. The van der Waals surface area contributed by atoms with E-state index in [-0.39, 0.29) is 5.82 Å². The van der Waals surface area contributed by atoms with Crippen molar-refractivity contribution in [2.24, 2.45) is 5.92 Å². The topological polar surface area (TPSA) is 20.2 Å². The van der Waals surface area contributed by atoms with Crippen LogP contribution in [0.3, 0.4) is 0 Å². The Morgan fingerprint density at radius 2 is 2.29 bits per heavy atom. The largest absolute Gasteiger partial charge is 0.390 e. The maximum Gasteiger partial charge on any atom is 0.126 e. The van der Waals surface area contributed by atoms with E-state index in [1.54, 1.807) is 12.1 Å². The minimum absolute atomic E-state index is 0.221. The summed E-state index contributed by atoms with van der Waals surface area (Å²) in [7, 11) is 0. The van der Waals surface area contributed by atoms with Gasteiger partial charge in [-0.3, -0.25) is 0 Å². The molecule has 1 saturated carbocycles. The SMILES string of the molecule is CCC1CCC(O)(Cc2cc(Br)ccc2F)C1. The second-order valence-electron chi connectivity index (χ2n) is 5.15. The van der Waals surface area contributed by atoms with Crippen molar-refractivity contribution in [3.05, 3.63) is 34.1 Å². The molecule has 2 rings (SSSR count). The van der Waals surface area contributed by atoms with Crippen molar-refractivity contribution in [2.75, 3.05) is 0 Å². The summed E-state index contributed by atoms with van der Waals surface area (Å²) in [6, 6.07) is 4.91. The third-order valence-electron chi connectivity index (χ3n) is 3.79. The van der Waals surface area contributed by atoms with Crippen LogP contribution >= 0.6 is 15.9 Å². The van der Waals surface area contributed by atoms with Crippen LogP contribution in [0.1, 0.15) is 38.2 Å². The van der Waals surface area contributed by atoms with E-state index in [1.165, 1.54) is 6.07 Å². The number of hydrogen-bond acceptors (Lipinski definition) is 1. The molecule has 1 aliphatic carbocycles. The molecule has 2 unspecified atom stereocenters. The van der Waals surface area contributed by atoms with Crippen LogP contribution in [0.5, 0.6) is 0 Å². The predicted octanol–water partition coefficient (Wildman–Crippen LogP) is 4.07. The van der Waals surface area contributed by atoms with Crippen molar-refractivity contribution in [2.45, 2.75) is 44.6 Å². The van der Waals surface area contributed by atoms with E-state index in [9.17, 15) is 9.50 Å². The fourth-order valence-corrected chi connectivity index (χ4v) is 3.17. The average molecular weight is 301 g/mol. The zero-order valence-corrected chi connectivity index (χ0v) is 11.6. The quantitative estimate of drug-likeness (QED) is 0.892. The Bertz CT molecular complexity index is 407. The van der Waals surface area contributed by atoms with Crippen LogP contribution in [0.15, 0.2) is 22.7 Å². The van der Waals surface area contributed by atoms with Gasteiger partial charge in [0.25, 0.3) is 0 Å². The van der Waals surface area contributed by atoms with Crippen LogP contribution in [-0.4, -0.2) is 10.7 Å². The van der Waals surface area contributed by atoms with Crippen molar-refractivity contribution in [1.82, 2.24) is 0 Å². The molecule has 2 atom stereocenters. The molecule has 0 radical (unpaired) electrons. The summed E-state index contributed by atoms with van der Waals surface area (Å²) >= 11 is 3.34. The molecule has 1 fully saturated rings. The summed E-state index contributed by atoms with van der Waals surface area (Å²) in [5, 5.41) is 10.5. The Hall–Kier alpha value is -0.410. The number of aliphatic hydroxyl groups is 1. The number of benzene rings is 1. The van der Waals surface area contributed by atoms with E-state index >= 15 is 0 Å². The average Bonchev–Trinajstić information content (AvgIpc) is 2.66. The van der Waals surface area contributed by atoms with Gasteiger partial charge in [0.1, 0.15) is 5.82 Å². The zero-order chi connectivity index (χ0) is 12.5. The first-order chi connectivity index (χ1) is 8.02. The van der Waals surface area contributed by atoms with Crippen LogP contribution in [0.2, 0.25) is 0 Å². The maximum atomic E-state index is 13.6. The molecule has 0 aliphatic heterocycles. The van der Waals surface area contributed by atoms with Crippen LogP contribution in [-0.2, 0) is 6.42 Å². The summed E-state index contributed by atoms with van der Waals surface area (Å²) in [4.78, 5) is 0. The summed E-state index contributed by atoms with van der Waals surface area (Å²) in [5.41, 5.74) is -0.0962. The molecule has 0 bridgehead atoms. The first-order valence-electron chi connectivity index (χ1n) is 6.19. The van der Waals surface area contributed by atoms with Crippen molar-refractivity contribution < 1.29 is 9.50 Å². The number of hydrogen-bond donors (Lipinski definition) is 1. The molecule has 17 heavy (non-hydrogen) atoms. The maximum absolute atomic E-state index is 13.6. The molecule has 0 heterocycles. The van der Waals surface area contributed by atoms with Crippen LogP contribution < -0.4 is 0 Å². The van der Waals surface area contributed by atoms with Gasteiger partial charge in [0.15, 0.2) is 0 Å². The Kier molecular flexibility index (Phi) is 3.88. The minimum Gasteiger partial charge on any atom is -0.390 e. The lowest BCUT2D eigenvalue weighted by molar-refractivity contribution is 0.0428. The van der Waals surface area contributed by atoms with Gasteiger partial charge < -0.3 is 5.11 Å². The lowest BCUT2D eigenvalue weighted by atomic mass is 9.91. The molecule has 1 aromatic carbocycles. The van der Waals surface area contributed by atoms with Gasteiger partial charge in [-0.1, -0.05) is 29.3 Å². The highest BCUT2D eigenvalue weighted by molar-refractivity contribution is 9.10. The third kappa shape index (κ3) is 3.08. The first-order valence-corrected chi connectivity index (χ1v) is 6.98. The number of rotatable bonds is 3. The second kappa shape index (κ2) is 5.07. The molecule has 1 nitrogen and oxygen atoms in total. The predicted molar refractivity (Wildman–Crippen MR) is 70.4 cm³/mol. The number of halogens is 2. The van der Waals surface area contributed by atoms with E-state index in [1.807, 2.05) is 0 Å². The lowest BCUT2D eigenvalue weighted by Gasteiger charge is -2.23. The van der Waals surface area contributed by atoms with Gasteiger partial charge in [0.05, 0.1) is 5.60 Å². The first kappa shape index (κ1) is 13.0.